The van der Waals surface area contributed by atoms with Crippen molar-refractivity contribution in [2.45, 2.75) is 176 Å². The molecule has 106 heavy (non-hydrogen) atoms. The lowest BCUT2D eigenvalue weighted by atomic mass is 9.97. The molecule has 4 aliphatic heterocycles. The summed E-state index contributed by atoms with van der Waals surface area (Å²) in [5, 5.41) is 50.4. The highest BCUT2D eigenvalue weighted by Crippen LogP contribution is 2.35. The Morgan fingerprint density at radius 1 is 0.406 bits per heavy atom. The summed E-state index contributed by atoms with van der Waals surface area (Å²) < 4.78 is 63.5. The summed E-state index contributed by atoms with van der Waals surface area (Å²) in [7, 11) is 0. The summed E-state index contributed by atoms with van der Waals surface area (Å²) in [4.78, 5) is 160. The van der Waals surface area contributed by atoms with Crippen LogP contribution in [0.25, 0.3) is 0 Å². The van der Waals surface area contributed by atoms with Gasteiger partial charge in [-0.15, -0.1) is 0 Å². The van der Waals surface area contributed by atoms with E-state index in [9.17, 15) is 84.5 Å². The molecule has 4 aromatic carbocycles. The van der Waals surface area contributed by atoms with Crippen LogP contribution in [0, 0.1) is 0 Å². The van der Waals surface area contributed by atoms with Crippen molar-refractivity contribution in [2.75, 3.05) is 0 Å². The number of carbonyl (C=O) groups is 12. The Labute approximate surface area is 604 Å². The van der Waals surface area contributed by atoms with Crippen LogP contribution in [0.15, 0.2) is 170 Å². The molecule has 10 N–H and O–H groups in total. The Morgan fingerprint density at radius 3 is 1.00 bits per heavy atom. The molecule has 2 aromatic heterocycles. The normalized spacial score (nSPS) is 19.0. The van der Waals surface area contributed by atoms with Gasteiger partial charge in [-0.25, -0.2) is 9.59 Å². The number of amides is 8. The van der Waals surface area contributed by atoms with E-state index in [0.29, 0.717) is 75.3 Å². The monoisotopic (exact) mass is 1480 g/mol. The van der Waals surface area contributed by atoms with E-state index in [1.54, 1.807) is 58.9 Å². The number of rotatable bonds is 26. The number of fused-ring (bicyclic) bond motifs is 2. The minimum Gasteiger partial charge on any atom is -0.481 e. The minimum absolute atomic E-state index is 0.123. The molecule has 4 aliphatic rings. The molecule has 8 amide bonds. The summed E-state index contributed by atoms with van der Waals surface area (Å²) in [6.07, 6.45) is 1.27. The molecular formula is C74H80F6N10O16. The van der Waals surface area contributed by atoms with E-state index >= 15 is 0 Å². The molecule has 0 radical (unpaired) electrons. The average Bonchev–Trinajstić information content (AvgIpc) is 1.62. The average molecular weight is 1480 g/mol. The Hall–Kier alpha value is -11.6. The van der Waals surface area contributed by atoms with Crippen molar-refractivity contribution >= 4 is 71.1 Å². The summed E-state index contributed by atoms with van der Waals surface area (Å²) in [6, 6.07) is 37.3. The number of pyridine rings is 2. The van der Waals surface area contributed by atoms with E-state index in [1.165, 1.54) is 0 Å². The number of aromatic nitrogens is 2. The summed E-state index contributed by atoms with van der Waals surface area (Å²) in [5.74, 6) is -10.7. The lowest BCUT2D eigenvalue weighted by molar-refractivity contribution is -0.193. The van der Waals surface area contributed by atoms with E-state index in [2.05, 4.69) is 41.9 Å². The van der Waals surface area contributed by atoms with Crippen molar-refractivity contribution in [1.82, 2.24) is 51.7 Å². The maximum atomic E-state index is 13.8. The molecule has 6 heterocycles. The van der Waals surface area contributed by atoms with Crippen LogP contribution >= 0.6 is 0 Å². The number of piperidine rings is 2. The largest absolute Gasteiger partial charge is 0.490 e. The number of carboxylic acid groups (broad SMARTS) is 4. The molecule has 10 rings (SSSR count). The molecule has 4 fully saturated rings. The number of carboxylic acids is 4. The van der Waals surface area contributed by atoms with Gasteiger partial charge in [0.25, 0.3) is 0 Å². The lowest BCUT2D eigenvalue weighted by Crippen LogP contribution is -2.60. The second kappa shape index (κ2) is 39.3. The van der Waals surface area contributed by atoms with Crippen LogP contribution in [-0.4, -0.2) is 184 Å². The molecule has 6 aromatic rings. The summed E-state index contributed by atoms with van der Waals surface area (Å²) >= 11 is 0. The first kappa shape index (κ1) is 81.7. The van der Waals surface area contributed by atoms with Crippen molar-refractivity contribution in [3.63, 3.8) is 0 Å². The van der Waals surface area contributed by atoms with Gasteiger partial charge in [-0.2, -0.15) is 26.3 Å². The topological polar surface area (TPSA) is 390 Å². The number of hydrogen-bond donors (Lipinski definition) is 10. The first-order chi connectivity index (χ1) is 50.4. The molecule has 564 valence electrons. The molecule has 0 spiro atoms. The van der Waals surface area contributed by atoms with E-state index in [0.717, 1.165) is 22.3 Å². The van der Waals surface area contributed by atoms with Crippen LogP contribution in [0.2, 0.25) is 0 Å². The predicted octanol–water partition coefficient (Wildman–Crippen LogP) is 5.65. The van der Waals surface area contributed by atoms with Crippen LogP contribution in [-0.2, 0) is 96.1 Å². The van der Waals surface area contributed by atoms with Crippen molar-refractivity contribution in [3.8, 4) is 0 Å². The summed E-state index contributed by atoms with van der Waals surface area (Å²) in [6.45, 7) is 0. The van der Waals surface area contributed by atoms with Crippen molar-refractivity contribution in [1.29, 1.82) is 0 Å². The zero-order chi connectivity index (χ0) is 77.1. The zero-order valence-electron chi connectivity index (χ0n) is 57.0. The maximum Gasteiger partial charge on any atom is 0.490 e. The third kappa shape index (κ3) is 26.0. The van der Waals surface area contributed by atoms with Gasteiger partial charge in [-0.3, -0.25) is 57.9 Å². The van der Waals surface area contributed by atoms with Crippen molar-refractivity contribution < 1.29 is 104 Å². The minimum atomic E-state index is -5.08. The SMILES string of the molecule is O=C(O)C(F)(F)F.O=C(O)C(F)(F)F.O=C(O)C[C@H](Cc1ccccc1)NC(=O)[C@H](Cc1cccnc1)NC(=O)[C@@H]1CC[C@@H]2CCC(NC(=O)Cc3ccccc3)C(=O)N21.O=C(O)C[C@H](Cc1ccccc1)NC(=O)[C@H](Cc1cccnc1)NC(=O)[C@@H]1CC[C@@H]2CCC(NC(=O)Cc3ccccc3)C(=O)N21. The summed E-state index contributed by atoms with van der Waals surface area (Å²) in [5.41, 5.74) is 4.83. The third-order valence-corrected chi connectivity index (χ3v) is 17.6. The van der Waals surface area contributed by atoms with Gasteiger partial charge in [0.15, 0.2) is 0 Å². The van der Waals surface area contributed by atoms with Gasteiger partial charge in [-0.05, 0) is 110 Å². The quantitative estimate of drug-likeness (QED) is 0.0293. The number of carbonyl (C=O) groups excluding carboxylic acids is 8. The number of nitrogens with zero attached hydrogens (tertiary/aromatic N) is 4. The molecule has 10 atom stereocenters. The molecule has 0 bridgehead atoms. The van der Waals surface area contributed by atoms with Crippen LogP contribution in [0.3, 0.4) is 0 Å². The van der Waals surface area contributed by atoms with E-state index < -0.39 is 108 Å². The van der Waals surface area contributed by atoms with Gasteiger partial charge in [0.1, 0.15) is 36.3 Å². The first-order valence-electron chi connectivity index (χ1n) is 33.8. The lowest BCUT2D eigenvalue weighted by Gasteiger charge is -2.38. The number of halogens is 6. The molecule has 2 unspecified atom stereocenters. The maximum absolute atomic E-state index is 13.8. The van der Waals surface area contributed by atoms with Crippen molar-refractivity contribution in [3.05, 3.63) is 204 Å². The fourth-order valence-corrected chi connectivity index (χ4v) is 12.8. The molecule has 0 saturated carbocycles. The molecule has 0 aliphatic carbocycles. The highest BCUT2D eigenvalue weighted by atomic mass is 19.4. The Balaban J connectivity index is 0.000000250. The van der Waals surface area contributed by atoms with Gasteiger partial charge in [0, 0.05) is 61.8 Å². The van der Waals surface area contributed by atoms with Crippen molar-refractivity contribution in [2.24, 2.45) is 0 Å². The van der Waals surface area contributed by atoms with E-state index in [4.69, 9.17) is 19.8 Å². The van der Waals surface area contributed by atoms with Gasteiger partial charge in [0.05, 0.1) is 25.7 Å². The second-order valence-electron chi connectivity index (χ2n) is 25.5. The fraction of sp³-hybridized carbons (Fsp3) is 0.378. The Kier molecular flexibility index (Phi) is 30.3. The number of hydrogen-bond acceptors (Lipinski definition) is 14. The van der Waals surface area contributed by atoms with Gasteiger partial charge in [-0.1, -0.05) is 133 Å². The Bertz CT molecular complexity index is 3720. The smallest absolute Gasteiger partial charge is 0.481 e. The van der Waals surface area contributed by atoms with Gasteiger partial charge >= 0.3 is 36.2 Å². The molecule has 32 heteroatoms. The molecular weight excluding hydrogens is 1400 g/mol. The molecule has 4 saturated heterocycles. The predicted molar refractivity (Wildman–Crippen MR) is 366 cm³/mol. The number of nitrogens with one attached hydrogen (secondary N) is 6. The third-order valence-electron chi connectivity index (χ3n) is 17.6. The van der Waals surface area contributed by atoms with Gasteiger partial charge in [0.2, 0.25) is 47.3 Å². The number of aliphatic carboxylic acids is 4. The number of alkyl halides is 6. The van der Waals surface area contributed by atoms with Crippen LogP contribution in [0.4, 0.5) is 26.3 Å². The van der Waals surface area contributed by atoms with E-state index in [1.807, 2.05) is 121 Å². The van der Waals surface area contributed by atoms with Crippen LogP contribution in [0.1, 0.15) is 97.6 Å². The second-order valence-corrected chi connectivity index (χ2v) is 25.5. The highest BCUT2D eigenvalue weighted by molar-refractivity contribution is 5.97. The van der Waals surface area contributed by atoms with Crippen LogP contribution < -0.4 is 31.9 Å². The number of benzene rings is 4. The zero-order valence-corrected chi connectivity index (χ0v) is 57.0. The van der Waals surface area contributed by atoms with Crippen LogP contribution in [0.5, 0.6) is 0 Å². The fourth-order valence-electron chi connectivity index (χ4n) is 12.8. The van der Waals surface area contributed by atoms with E-state index in [-0.39, 0.29) is 74.2 Å². The van der Waals surface area contributed by atoms with Gasteiger partial charge < -0.3 is 62.1 Å². The Morgan fingerprint density at radius 2 is 0.708 bits per heavy atom. The molecule has 26 nitrogen and oxygen atoms in total. The standard InChI is InChI=1S/2C35H39N5O6.2C2HF3O2/c2*41-31(20-24-10-5-2-6-11-24)38-28-15-13-27-14-16-30(40(27)35(28)46)34(45)39-29(19-25-12-7-17-36-22-25)33(44)37-26(21-32(42)43)18-23-8-3-1-4-9-23;2*3-2(4,5)1(6)7/h2*1-12,17,22,26-30H,13-16,18-21H2,(H,37,44)(H,38,41)(H,39,45)(H,42,43);2*(H,6,7)/t2*26-,27-,28?,29-,30-;;/m00../s1. The highest BCUT2D eigenvalue weighted by Gasteiger charge is 2.49. The first-order valence-corrected chi connectivity index (χ1v) is 33.8.